The zero-order chi connectivity index (χ0) is 20.6. The van der Waals surface area contributed by atoms with Gasteiger partial charge in [-0.2, -0.15) is 0 Å². The molecule has 2 fully saturated rings. The SMILES string of the molecule is O=C(NC[C@H]1CCN(c2ccccc2)C1)Nc1ccc(CCN2CCCCC2)cc1. The van der Waals surface area contributed by atoms with Gasteiger partial charge in [-0.3, -0.25) is 0 Å². The van der Waals surface area contributed by atoms with Crippen LogP contribution < -0.4 is 15.5 Å². The van der Waals surface area contributed by atoms with Gasteiger partial charge in [0.05, 0.1) is 0 Å². The first-order valence-corrected chi connectivity index (χ1v) is 11.4. The third-order valence-electron chi connectivity index (χ3n) is 6.34. The topological polar surface area (TPSA) is 47.6 Å². The van der Waals surface area contributed by atoms with Gasteiger partial charge >= 0.3 is 6.03 Å². The van der Waals surface area contributed by atoms with Crippen LogP contribution in [-0.4, -0.2) is 50.2 Å². The van der Waals surface area contributed by atoms with Crippen molar-refractivity contribution in [3.05, 3.63) is 60.2 Å². The maximum atomic E-state index is 12.3. The average Bonchev–Trinajstić information content (AvgIpc) is 3.28. The lowest BCUT2D eigenvalue weighted by atomic mass is 10.1. The molecule has 2 aromatic carbocycles. The minimum atomic E-state index is -0.116. The first-order chi connectivity index (χ1) is 14.8. The Labute approximate surface area is 180 Å². The van der Waals surface area contributed by atoms with Gasteiger partial charge in [0, 0.05) is 37.6 Å². The fourth-order valence-corrected chi connectivity index (χ4v) is 4.51. The van der Waals surface area contributed by atoms with Crippen LogP contribution in [0, 0.1) is 5.92 Å². The molecule has 4 rings (SSSR count). The van der Waals surface area contributed by atoms with Crippen LogP contribution in [0.2, 0.25) is 0 Å². The van der Waals surface area contributed by atoms with Crippen LogP contribution in [0.1, 0.15) is 31.2 Å². The van der Waals surface area contributed by atoms with E-state index in [2.05, 4.69) is 56.8 Å². The average molecular weight is 407 g/mol. The number of hydrogen-bond acceptors (Lipinski definition) is 3. The second-order valence-corrected chi connectivity index (χ2v) is 8.62. The summed E-state index contributed by atoms with van der Waals surface area (Å²) in [5.41, 5.74) is 3.45. The molecule has 30 heavy (non-hydrogen) atoms. The second kappa shape index (κ2) is 10.5. The van der Waals surface area contributed by atoms with Crippen molar-refractivity contribution in [3.8, 4) is 0 Å². The highest BCUT2D eigenvalue weighted by Gasteiger charge is 2.22. The van der Waals surface area contributed by atoms with Crippen LogP contribution in [0.3, 0.4) is 0 Å². The van der Waals surface area contributed by atoms with E-state index in [0.717, 1.165) is 38.2 Å². The maximum Gasteiger partial charge on any atom is 0.319 e. The van der Waals surface area contributed by atoms with Crippen LogP contribution in [0.5, 0.6) is 0 Å². The molecular weight excluding hydrogens is 372 g/mol. The highest BCUT2D eigenvalue weighted by Crippen LogP contribution is 2.23. The predicted octanol–water partition coefficient (Wildman–Crippen LogP) is 4.36. The van der Waals surface area contributed by atoms with E-state index in [-0.39, 0.29) is 6.03 Å². The lowest BCUT2D eigenvalue weighted by Crippen LogP contribution is -2.34. The summed E-state index contributed by atoms with van der Waals surface area (Å²) in [5, 5.41) is 6.01. The molecule has 2 aliphatic rings. The third-order valence-corrected chi connectivity index (χ3v) is 6.34. The van der Waals surface area contributed by atoms with E-state index in [0.29, 0.717) is 12.5 Å². The molecule has 2 amide bonds. The van der Waals surface area contributed by atoms with E-state index in [1.165, 1.54) is 43.6 Å². The van der Waals surface area contributed by atoms with Crippen LogP contribution in [0.4, 0.5) is 16.2 Å². The Morgan fingerprint density at radius 3 is 2.47 bits per heavy atom. The number of amides is 2. The van der Waals surface area contributed by atoms with E-state index in [4.69, 9.17) is 0 Å². The van der Waals surface area contributed by atoms with Crippen molar-refractivity contribution < 1.29 is 4.79 Å². The van der Waals surface area contributed by atoms with Gasteiger partial charge in [-0.15, -0.1) is 0 Å². The minimum absolute atomic E-state index is 0.116. The van der Waals surface area contributed by atoms with Gasteiger partial charge in [-0.05, 0) is 74.5 Å². The Balaban J connectivity index is 1.16. The summed E-state index contributed by atoms with van der Waals surface area (Å²) in [4.78, 5) is 17.3. The Bertz CT molecular complexity index is 787. The quantitative estimate of drug-likeness (QED) is 0.718. The molecule has 5 nitrogen and oxygen atoms in total. The summed E-state index contributed by atoms with van der Waals surface area (Å²) in [5.74, 6) is 0.494. The molecule has 0 unspecified atom stereocenters. The first-order valence-electron chi connectivity index (χ1n) is 11.4. The molecule has 2 heterocycles. The molecule has 0 radical (unpaired) electrons. The lowest BCUT2D eigenvalue weighted by molar-refractivity contribution is 0.231. The second-order valence-electron chi connectivity index (χ2n) is 8.62. The van der Waals surface area contributed by atoms with Crippen LogP contribution >= 0.6 is 0 Å². The molecule has 0 saturated carbocycles. The molecule has 2 saturated heterocycles. The number of anilines is 2. The summed E-state index contributed by atoms with van der Waals surface area (Å²) in [6.07, 6.45) is 6.24. The molecule has 160 valence electrons. The van der Waals surface area contributed by atoms with Gasteiger partial charge in [0.25, 0.3) is 0 Å². The molecule has 2 aromatic rings. The summed E-state index contributed by atoms with van der Waals surface area (Å²) >= 11 is 0. The number of piperidine rings is 1. The van der Waals surface area contributed by atoms with Gasteiger partial charge in [-0.25, -0.2) is 4.79 Å². The standard InChI is InChI=1S/C25H34N4O/c30-25(26-19-22-14-18-29(20-22)24-7-3-1-4-8-24)27-23-11-9-21(10-12-23)13-17-28-15-5-2-6-16-28/h1,3-4,7-12,22H,2,5-6,13-20H2,(H2,26,27,30)/t22-/m1/s1. The van der Waals surface area contributed by atoms with E-state index in [9.17, 15) is 4.79 Å². The Hall–Kier alpha value is -2.53. The van der Waals surface area contributed by atoms with E-state index in [1.54, 1.807) is 0 Å². The summed E-state index contributed by atoms with van der Waals surface area (Å²) < 4.78 is 0. The molecule has 0 bridgehead atoms. The van der Waals surface area contributed by atoms with Crippen molar-refractivity contribution in [2.24, 2.45) is 5.92 Å². The van der Waals surface area contributed by atoms with Gasteiger partial charge in [0.1, 0.15) is 0 Å². The maximum absolute atomic E-state index is 12.3. The molecule has 0 aromatic heterocycles. The van der Waals surface area contributed by atoms with E-state index in [1.807, 2.05) is 18.2 Å². The van der Waals surface area contributed by atoms with Crippen LogP contribution in [-0.2, 0) is 6.42 Å². The summed E-state index contributed by atoms with van der Waals surface area (Å²) in [7, 11) is 0. The summed E-state index contributed by atoms with van der Waals surface area (Å²) in [6.45, 7) is 6.37. The number of urea groups is 1. The van der Waals surface area contributed by atoms with Crippen molar-refractivity contribution >= 4 is 17.4 Å². The van der Waals surface area contributed by atoms with Crippen molar-refractivity contribution in [1.29, 1.82) is 0 Å². The number of carbonyl (C=O) groups excluding carboxylic acids is 1. The van der Waals surface area contributed by atoms with Crippen molar-refractivity contribution in [2.75, 3.05) is 49.5 Å². The van der Waals surface area contributed by atoms with Crippen LogP contribution in [0.15, 0.2) is 54.6 Å². The van der Waals surface area contributed by atoms with Crippen molar-refractivity contribution in [1.82, 2.24) is 10.2 Å². The molecule has 2 aliphatic heterocycles. The number of para-hydroxylation sites is 1. The number of likely N-dealkylation sites (tertiary alicyclic amines) is 1. The minimum Gasteiger partial charge on any atom is -0.371 e. The number of benzene rings is 2. The predicted molar refractivity (Wildman–Crippen MR) is 124 cm³/mol. The number of carbonyl (C=O) groups is 1. The normalized spacial score (nSPS) is 19.6. The number of nitrogens with one attached hydrogen (secondary N) is 2. The summed E-state index contributed by atoms with van der Waals surface area (Å²) in [6, 6.07) is 18.7. The largest absolute Gasteiger partial charge is 0.371 e. The zero-order valence-corrected chi connectivity index (χ0v) is 17.9. The zero-order valence-electron chi connectivity index (χ0n) is 17.9. The molecule has 0 aliphatic carbocycles. The fraction of sp³-hybridized carbons (Fsp3) is 0.480. The van der Waals surface area contributed by atoms with E-state index < -0.39 is 0 Å². The lowest BCUT2D eigenvalue weighted by Gasteiger charge is -2.26. The molecule has 2 N–H and O–H groups in total. The van der Waals surface area contributed by atoms with Crippen molar-refractivity contribution in [2.45, 2.75) is 32.1 Å². The highest BCUT2D eigenvalue weighted by atomic mass is 16.2. The molecular formula is C25H34N4O. The Morgan fingerprint density at radius 1 is 0.933 bits per heavy atom. The fourth-order valence-electron chi connectivity index (χ4n) is 4.51. The monoisotopic (exact) mass is 406 g/mol. The Morgan fingerprint density at radius 2 is 1.70 bits per heavy atom. The van der Waals surface area contributed by atoms with Gasteiger partial charge in [0.2, 0.25) is 0 Å². The number of nitrogens with zero attached hydrogens (tertiary/aromatic N) is 2. The first kappa shape index (κ1) is 20.7. The molecule has 5 heteroatoms. The number of rotatable bonds is 7. The number of hydrogen-bond donors (Lipinski definition) is 2. The van der Waals surface area contributed by atoms with Gasteiger partial charge in [0.15, 0.2) is 0 Å². The van der Waals surface area contributed by atoms with E-state index >= 15 is 0 Å². The molecule has 0 spiro atoms. The third kappa shape index (κ3) is 5.99. The van der Waals surface area contributed by atoms with Gasteiger partial charge < -0.3 is 20.4 Å². The smallest absolute Gasteiger partial charge is 0.319 e. The van der Waals surface area contributed by atoms with Crippen molar-refractivity contribution in [3.63, 3.8) is 0 Å². The molecule has 1 atom stereocenters. The Kier molecular flexibility index (Phi) is 7.25. The van der Waals surface area contributed by atoms with Gasteiger partial charge in [-0.1, -0.05) is 36.8 Å². The highest BCUT2D eigenvalue weighted by molar-refractivity contribution is 5.89. The van der Waals surface area contributed by atoms with Crippen LogP contribution in [0.25, 0.3) is 0 Å².